The molecule has 35 heavy (non-hydrogen) atoms. The van der Waals surface area contributed by atoms with Crippen LogP contribution in [-0.4, -0.2) is 33.2 Å². The summed E-state index contributed by atoms with van der Waals surface area (Å²) in [7, 11) is -4.02. The lowest BCUT2D eigenvalue weighted by Crippen LogP contribution is -2.41. The van der Waals surface area contributed by atoms with E-state index in [0.29, 0.717) is 6.54 Å². The van der Waals surface area contributed by atoms with Crippen LogP contribution in [0.1, 0.15) is 23.1 Å². The minimum absolute atomic E-state index is 0.0829. The average Bonchev–Trinajstić information content (AvgIpc) is 2.80. The van der Waals surface area contributed by atoms with Crippen molar-refractivity contribution in [3.63, 3.8) is 0 Å². The number of hydrogen-bond acceptors (Lipinski definition) is 4. The number of rotatable bonds is 11. The molecule has 0 saturated heterocycles. The maximum atomic E-state index is 13.4. The van der Waals surface area contributed by atoms with Crippen LogP contribution in [0.3, 0.4) is 0 Å². The molecular weight excluding hydrogens is 523 g/mol. The fraction of sp³-hybridized carbons (Fsp3) is 0.269. The Kier molecular flexibility index (Phi) is 9.92. The minimum atomic E-state index is -4.02. The van der Waals surface area contributed by atoms with Crippen LogP contribution < -0.4 is 9.62 Å². The average molecular weight is 552 g/mol. The summed E-state index contributed by atoms with van der Waals surface area (Å²) in [6.45, 7) is 4.00. The molecule has 9 heteroatoms. The van der Waals surface area contributed by atoms with E-state index in [-0.39, 0.29) is 27.2 Å². The summed E-state index contributed by atoms with van der Waals surface area (Å²) in [4.78, 5) is 12.8. The molecule has 0 atom stereocenters. The van der Waals surface area contributed by atoms with Gasteiger partial charge in [0.15, 0.2) is 0 Å². The molecule has 0 aliphatic carbocycles. The first-order chi connectivity index (χ1) is 16.6. The molecule has 0 bridgehead atoms. The van der Waals surface area contributed by atoms with Crippen molar-refractivity contribution in [2.45, 2.75) is 30.9 Å². The van der Waals surface area contributed by atoms with Crippen LogP contribution in [0.4, 0.5) is 5.69 Å². The van der Waals surface area contributed by atoms with Crippen molar-refractivity contribution in [3.05, 3.63) is 93.5 Å². The molecule has 0 aliphatic heterocycles. The Bertz CT molecular complexity index is 1230. The lowest BCUT2D eigenvalue weighted by molar-refractivity contribution is -0.119. The van der Waals surface area contributed by atoms with Crippen LogP contribution in [0.15, 0.2) is 71.6 Å². The van der Waals surface area contributed by atoms with Gasteiger partial charge in [-0.05, 0) is 61.9 Å². The van der Waals surface area contributed by atoms with Crippen molar-refractivity contribution in [2.75, 3.05) is 23.1 Å². The van der Waals surface area contributed by atoms with Gasteiger partial charge in [0.1, 0.15) is 6.54 Å². The summed E-state index contributed by atoms with van der Waals surface area (Å²) < 4.78 is 27.9. The van der Waals surface area contributed by atoms with E-state index in [4.69, 9.17) is 23.2 Å². The molecule has 0 heterocycles. The molecule has 5 nitrogen and oxygen atoms in total. The monoisotopic (exact) mass is 550 g/mol. The first kappa shape index (κ1) is 27.4. The van der Waals surface area contributed by atoms with Gasteiger partial charge in [-0.3, -0.25) is 9.10 Å². The molecule has 3 aromatic rings. The maximum absolute atomic E-state index is 13.4. The Morgan fingerprint density at radius 2 is 1.49 bits per heavy atom. The van der Waals surface area contributed by atoms with Crippen molar-refractivity contribution >= 4 is 56.6 Å². The number of anilines is 1. The zero-order valence-electron chi connectivity index (χ0n) is 19.6. The summed E-state index contributed by atoms with van der Waals surface area (Å²) in [5, 5.41) is 3.39. The number of carbonyl (C=O) groups is 1. The van der Waals surface area contributed by atoms with E-state index < -0.39 is 15.9 Å². The van der Waals surface area contributed by atoms with E-state index in [9.17, 15) is 13.2 Å². The second-order valence-electron chi connectivity index (χ2n) is 8.19. The zero-order chi connectivity index (χ0) is 25.4. The van der Waals surface area contributed by atoms with Crippen LogP contribution in [0, 0.1) is 13.8 Å². The summed E-state index contributed by atoms with van der Waals surface area (Å²) in [5.74, 6) is 1.38. The number of sulfonamides is 1. The molecule has 0 spiro atoms. The summed E-state index contributed by atoms with van der Waals surface area (Å²) >= 11 is 14.0. The molecular formula is C26H28Cl2N2O3S2. The van der Waals surface area contributed by atoms with Crippen LogP contribution in [0.5, 0.6) is 0 Å². The number of amides is 1. The molecule has 0 aromatic heterocycles. The van der Waals surface area contributed by atoms with Crippen molar-refractivity contribution in [2.24, 2.45) is 0 Å². The minimum Gasteiger partial charge on any atom is -0.354 e. The SMILES string of the molecule is Cc1ccc(CSCCCNC(=O)CN(c2cc(Cl)cc(Cl)c2)S(=O)(=O)c2ccc(C)cc2)cc1. The largest absolute Gasteiger partial charge is 0.354 e. The zero-order valence-corrected chi connectivity index (χ0v) is 22.8. The smallest absolute Gasteiger partial charge is 0.264 e. The highest BCUT2D eigenvalue weighted by molar-refractivity contribution is 7.98. The molecule has 186 valence electrons. The van der Waals surface area contributed by atoms with E-state index in [1.54, 1.807) is 23.9 Å². The third kappa shape index (κ3) is 8.17. The number of nitrogens with one attached hydrogen (secondary N) is 1. The fourth-order valence-electron chi connectivity index (χ4n) is 3.30. The number of carbonyl (C=O) groups excluding carboxylic acids is 1. The van der Waals surface area contributed by atoms with Crippen molar-refractivity contribution in [1.82, 2.24) is 5.32 Å². The first-order valence-corrected chi connectivity index (χ1v) is 14.5. The van der Waals surface area contributed by atoms with Crippen LogP contribution in [-0.2, 0) is 20.6 Å². The first-order valence-electron chi connectivity index (χ1n) is 11.1. The lowest BCUT2D eigenvalue weighted by Gasteiger charge is -2.24. The number of aryl methyl sites for hydroxylation is 2. The Labute approximate surface area is 221 Å². The molecule has 0 unspecified atom stereocenters. The molecule has 3 aromatic carbocycles. The maximum Gasteiger partial charge on any atom is 0.264 e. The van der Waals surface area contributed by atoms with Crippen LogP contribution in [0.25, 0.3) is 0 Å². The number of halogens is 2. The highest BCUT2D eigenvalue weighted by Crippen LogP contribution is 2.29. The van der Waals surface area contributed by atoms with Crippen molar-refractivity contribution < 1.29 is 13.2 Å². The van der Waals surface area contributed by atoms with E-state index in [1.807, 2.05) is 6.92 Å². The standard InChI is InChI=1S/C26H28Cl2N2O3S2/c1-19-4-8-21(9-5-19)18-34-13-3-12-29-26(31)17-30(24-15-22(27)14-23(28)16-24)35(32,33)25-10-6-20(2)7-11-25/h4-11,14-16H,3,12-13,17-18H2,1-2H3,(H,29,31). The third-order valence-corrected chi connectivity index (χ3v) is 8.55. The van der Waals surface area contributed by atoms with E-state index in [0.717, 1.165) is 27.8 Å². The normalized spacial score (nSPS) is 11.3. The highest BCUT2D eigenvalue weighted by Gasteiger charge is 2.27. The second kappa shape index (κ2) is 12.7. The fourth-order valence-corrected chi connectivity index (χ4v) is 6.14. The van der Waals surface area contributed by atoms with Gasteiger partial charge in [0.25, 0.3) is 10.0 Å². The molecule has 1 N–H and O–H groups in total. The molecule has 0 radical (unpaired) electrons. The topological polar surface area (TPSA) is 66.5 Å². The molecule has 1 amide bonds. The van der Waals surface area contributed by atoms with Gasteiger partial charge in [0.2, 0.25) is 5.91 Å². The van der Waals surface area contributed by atoms with Gasteiger partial charge in [-0.2, -0.15) is 11.8 Å². The predicted octanol–water partition coefficient (Wildman–Crippen LogP) is 6.25. The Morgan fingerprint density at radius 1 is 0.914 bits per heavy atom. The number of benzene rings is 3. The Balaban J connectivity index is 1.62. The summed E-state index contributed by atoms with van der Waals surface area (Å²) in [6.07, 6.45) is 0.774. The predicted molar refractivity (Wildman–Crippen MR) is 147 cm³/mol. The van der Waals surface area contributed by atoms with E-state index in [2.05, 4.69) is 36.5 Å². The molecule has 0 aliphatic rings. The molecule has 0 fully saturated rings. The molecule has 3 rings (SSSR count). The van der Waals surface area contributed by atoms with Gasteiger partial charge in [-0.1, -0.05) is 70.7 Å². The van der Waals surface area contributed by atoms with Gasteiger partial charge in [-0.15, -0.1) is 0 Å². The van der Waals surface area contributed by atoms with Crippen LogP contribution >= 0.6 is 35.0 Å². The number of nitrogens with zero attached hydrogens (tertiary/aromatic N) is 1. The van der Waals surface area contributed by atoms with Gasteiger partial charge in [0.05, 0.1) is 10.6 Å². The van der Waals surface area contributed by atoms with Gasteiger partial charge < -0.3 is 5.32 Å². The lowest BCUT2D eigenvalue weighted by atomic mass is 10.2. The number of thioether (sulfide) groups is 1. The highest BCUT2D eigenvalue weighted by atomic mass is 35.5. The summed E-state index contributed by atoms with van der Waals surface area (Å²) in [6, 6.07) is 19.4. The molecule has 0 saturated carbocycles. The summed E-state index contributed by atoms with van der Waals surface area (Å²) in [5.41, 5.74) is 3.66. The second-order valence-corrected chi connectivity index (χ2v) is 12.0. The third-order valence-electron chi connectivity index (χ3n) is 5.21. The van der Waals surface area contributed by atoms with Gasteiger partial charge >= 0.3 is 0 Å². The van der Waals surface area contributed by atoms with Crippen molar-refractivity contribution in [3.8, 4) is 0 Å². The van der Waals surface area contributed by atoms with Crippen molar-refractivity contribution in [1.29, 1.82) is 0 Å². The van der Waals surface area contributed by atoms with Gasteiger partial charge in [-0.25, -0.2) is 8.42 Å². The van der Waals surface area contributed by atoms with Crippen LogP contribution in [0.2, 0.25) is 10.0 Å². The Morgan fingerprint density at radius 3 is 2.09 bits per heavy atom. The van der Waals surface area contributed by atoms with E-state index in [1.165, 1.54) is 41.5 Å². The Hall–Kier alpha value is -2.19. The van der Waals surface area contributed by atoms with Gasteiger partial charge in [0, 0.05) is 22.3 Å². The number of hydrogen-bond donors (Lipinski definition) is 1. The van der Waals surface area contributed by atoms with E-state index >= 15 is 0 Å². The quantitative estimate of drug-likeness (QED) is 0.287.